The minimum atomic E-state index is -0.157. The Morgan fingerprint density at radius 3 is 2.57 bits per heavy atom. The summed E-state index contributed by atoms with van der Waals surface area (Å²) in [5, 5.41) is 8.00. The lowest BCUT2D eigenvalue weighted by Gasteiger charge is -2.52. The Bertz CT molecular complexity index is 887. The molecule has 0 amide bonds. The van der Waals surface area contributed by atoms with E-state index in [2.05, 4.69) is 86.6 Å². The van der Waals surface area contributed by atoms with Crippen LogP contribution >= 0.6 is 15.9 Å². The average molecular weight is 438 g/mol. The summed E-state index contributed by atoms with van der Waals surface area (Å²) in [6.45, 7) is 4.94. The van der Waals surface area contributed by atoms with Crippen LogP contribution < -0.4 is 15.5 Å². The molecule has 2 unspecified atom stereocenters. The molecule has 2 N–H and O–H groups in total. The smallest absolute Gasteiger partial charge is 0.139 e. The molecule has 3 nitrogen and oxygen atoms in total. The van der Waals surface area contributed by atoms with Crippen molar-refractivity contribution >= 4 is 33.0 Å². The highest BCUT2D eigenvalue weighted by Gasteiger charge is 2.57. The van der Waals surface area contributed by atoms with Gasteiger partial charge in [0.15, 0.2) is 0 Å². The summed E-state index contributed by atoms with van der Waals surface area (Å²) in [6.07, 6.45) is 9.97. The lowest BCUT2D eigenvalue weighted by Crippen LogP contribution is -2.63. The van der Waals surface area contributed by atoms with Gasteiger partial charge in [-0.15, -0.1) is 6.58 Å². The number of hydrogen-bond donors (Lipinski definition) is 2. The highest BCUT2D eigenvalue weighted by atomic mass is 79.9. The first kappa shape index (κ1) is 18.1. The number of fused-ring (bicyclic) bond motifs is 4. The summed E-state index contributed by atoms with van der Waals surface area (Å²) in [4.78, 5) is 2.59. The standard InChI is InChI=1S/C24H28BrN3/c1-2-15-28-22-14-13-18(25)16-19(22)23-24(28,17-9-5-3-4-6-10-17)27-21-12-8-7-11-20(21)26-23/h2,7-8,11-14,16-17,23,26-27H,1,3-6,9-10,15H2. The van der Waals surface area contributed by atoms with Gasteiger partial charge in [0.25, 0.3) is 0 Å². The molecule has 146 valence electrons. The fraction of sp³-hybridized carbons (Fsp3) is 0.417. The quantitative estimate of drug-likeness (QED) is 0.413. The maximum absolute atomic E-state index is 4.09. The Labute approximate surface area is 176 Å². The lowest BCUT2D eigenvalue weighted by atomic mass is 9.78. The van der Waals surface area contributed by atoms with Crippen LogP contribution in [0.4, 0.5) is 17.1 Å². The second-order valence-electron chi connectivity index (χ2n) is 8.36. The van der Waals surface area contributed by atoms with Gasteiger partial charge in [0.1, 0.15) is 5.66 Å². The fourth-order valence-corrected chi connectivity index (χ4v) is 6.05. The lowest BCUT2D eigenvalue weighted by molar-refractivity contribution is 0.240. The third kappa shape index (κ3) is 2.68. The third-order valence-corrected chi connectivity index (χ3v) is 7.32. The van der Waals surface area contributed by atoms with Crippen LogP contribution in [0.15, 0.2) is 59.6 Å². The van der Waals surface area contributed by atoms with Crippen LogP contribution in [0.1, 0.15) is 50.1 Å². The topological polar surface area (TPSA) is 27.3 Å². The SMILES string of the molecule is C=CCN1c2ccc(Br)cc2C2Nc3ccccc3NC21C1CCCCCC1. The molecule has 0 saturated heterocycles. The Morgan fingerprint density at radius 2 is 1.82 bits per heavy atom. The van der Waals surface area contributed by atoms with Gasteiger partial charge in [0.2, 0.25) is 0 Å². The average Bonchev–Trinajstić information content (AvgIpc) is 2.88. The Balaban J connectivity index is 1.71. The van der Waals surface area contributed by atoms with E-state index in [4.69, 9.17) is 0 Å². The molecule has 0 spiro atoms. The first-order chi connectivity index (χ1) is 13.7. The molecule has 0 radical (unpaired) electrons. The molecule has 1 fully saturated rings. The summed E-state index contributed by atoms with van der Waals surface area (Å²) < 4.78 is 1.14. The van der Waals surface area contributed by atoms with E-state index in [1.54, 1.807) is 0 Å². The number of benzene rings is 2. The largest absolute Gasteiger partial charge is 0.372 e. The maximum atomic E-state index is 4.09. The van der Waals surface area contributed by atoms with Crippen LogP contribution in [0.2, 0.25) is 0 Å². The van der Waals surface area contributed by atoms with E-state index in [-0.39, 0.29) is 11.7 Å². The van der Waals surface area contributed by atoms with Crippen molar-refractivity contribution in [1.29, 1.82) is 0 Å². The zero-order valence-corrected chi connectivity index (χ0v) is 17.8. The van der Waals surface area contributed by atoms with Gasteiger partial charge in [0.05, 0.1) is 17.4 Å². The summed E-state index contributed by atoms with van der Waals surface area (Å²) in [6, 6.07) is 15.6. The monoisotopic (exact) mass is 437 g/mol. The molecule has 2 atom stereocenters. The van der Waals surface area contributed by atoms with Gasteiger partial charge >= 0.3 is 0 Å². The van der Waals surface area contributed by atoms with Crippen molar-refractivity contribution in [2.75, 3.05) is 22.1 Å². The van der Waals surface area contributed by atoms with Crippen molar-refractivity contribution in [2.45, 2.75) is 50.2 Å². The first-order valence-corrected chi connectivity index (χ1v) is 11.3. The number of rotatable bonds is 3. The molecule has 4 heteroatoms. The fourth-order valence-electron chi connectivity index (χ4n) is 5.67. The molecule has 28 heavy (non-hydrogen) atoms. The van der Waals surface area contributed by atoms with Crippen molar-refractivity contribution < 1.29 is 0 Å². The van der Waals surface area contributed by atoms with Gasteiger partial charge in [-0.1, -0.05) is 59.8 Å². The van der Waals surface area contributed by atoms with E-state index < -0.39 is 0 Å². The minimum Gasteiger partial charge on any atom is -0.372 e. The predicted octanol–water partition coefficient (Wildman–Crippen LogP) is 6.70. The number of nitrogens with zero attached hydrogens (tertiary/aromatic N) is 1. The highest BCUT2D eigenvalue weighted by molar-refractivity contribution is 9.10. The van der Waals surface area contributed by atoms with Crippen LogP contribution in [0.5, 0.6) is 0 Å². The summed E-state index contributed by atoms with van der Waals surface area (Å²) >= 11 is 3.71. The van der Waals surface area contributed by atoms with Crippen LogP contribution in [0, 0.1) is 5.92 Å². The van der Waals surface area contributed by atoms with Crippen LogP contribution in [-0.2, 0) is 0 Å². The normalized spacial score (nSPS) is 26.3. The van der Waals surface area contributed by atoms with Crippen molar-refractivity contribution in [3.8, 4) is 0 Å². The predicted molar refractivity (Wildman–Crippen MR) is 122 cm³/mol. The molecule has 3 aliphatic rings. The van der Waals surface area contributed by atoms with Gasteiger partial charge < -0.3 is 15.5 Å². The van der Waals surface area contributed by atoms with Crippen LogP contribution in [0.3, 0.4) is 0 Å². The highest BCUT2D eigenvalue weighted by Crippen LogP contribution is 2.57. The first-order valence-electron chi connectivity index (χ1n) is 10.6. The number of anilines is 3. The number of nitrogens with one attached hydrogen (secondary N) is 2. The van der Waals surface area contributed by atoms with Gasteiger partial charge in [-0.3, -0.25) is 0 Å². The second-order valence-corrected chi connectivity index (χ2v) is 9.28. The van der Waals surface area contributed by atoms with E-state index in [1.165, 1.54) is 61.2 Å². The van der Waals surface area contributed by atoms with E-state index in [0.29, 0.717) is 5.92 Å². The van der Waals surface area contributed by atoms with E-state index >= 15 is 0 Å². The molecule has 2 heterocycles. The molecule has 2 aromatic rings. The Morgan fingerprint density at radius 1 is 1.07 bits per heavy atom. The molecular weight excluding hydrogens is 410 g/mol. The molecule has 2 aliphatic heterocycles. The van der Waals surface area contributed by atoms with E-state index in [9.17, 15) is 0 Å². The van der Waals surface area contributed by atoms with Gasteiger partial charge in [-0.2, -0.15) is 0 Å². The minimum absolute atomic E-state index is 0.157. The van der Waals surface area contributed by atoms with E-state index in [1.807, 2.05) is 0 Å². The molecular formula is C24H28BrN3. The maximum Gasteiger partial charge on any atom is 0.139 e. The third-order valence-electron chi connectivity index (χ3n) is 6.83. The van der Waals surface area contributed by atoms with Crippen molar-refractivity contribution in [2.24, 2.45) is 5.92 Å². The zero-order chi connectivity index (χ0) is 19.1. The Hall–Kier alpha value is -1.94. The molecule has 1 saturated carbocycles. The summed E-state index contributed by atoms with van der Waals surface area (Å²) in [5.41, 5.74) is 4.95. The Kier molecular flexibility index (Phi) is 4.62. The van der Waals surface area contributed by atoms with Crippen molar-refractivity contribution in [3.63, 3.8) is 0 Å². The van der Waals surface area contributed by atoms with Crippen LogP contribution in [0.25, 0.3) is 0 Å². The van der Waals surface area contributed by atoms with Gasteiger partial charge in [-0.05, 0) is 43.2 Å². The summed E-state index contributed by atoms with van der Waals surface area (Å²) in [5.74, 6) is 0.590. The van der Waals surface area contributed by atoms with Gasteiger partial charge in [0, 0.05) is 28.2 Å². The number of halogens is 1. The molecule has 1 aliphatic carbocycles. The van der Waals surface area contributed by atoms with Crippen molar-refractivity contribution in [1.82, 2.24) is 0 Å². The molecule has 5 rings (SSSR count). The zero-order valence-electron chi connectivity index (χ0n) is 16.3. The molecule has 2 aromatic carbocycles. The second kappa shape index (κ2) is 7.14. The molecule has 0 aromatic heterocycles. The van der Waals surface area contributed by atoms with Crippen LogP contribution in [-0.4, -0.2) is 12.2 Å². The van der Waals surface area contributed by atoms with E-state index in [0.717, 1.165) is 11.0 Å². The number of para-hydroxylation sites is 2. The van der Waals surface area contributed by atoms with Gasteiger partial charge in [-0.25, -0.2) is 0 Å². The van der Waals surface area contributed by atoms with Crippen molar-refractivity contribution in [3.05, 3.63) is 65.2 Å². The molecule has 0 bridgehead atoms. The summed E-state index contributed by atoms with van der Waals surface area (Å²) in [7, 11) is 0. The number of hydrogen-bond acceptors (Lipinski definition) is 3.